The van der Waals surface area contributed by atoms with Gasteiger partial charge in [-0.25, -0.2) is 8.42 Å². The highest BCUT2D eigenvalue weighted by Crippen LogP contribution is 2.32. The number of ether oxygens (including phenoxy) is 2. The summed E-state index contributed by atoms with van der Waals surface area (Å²) in [5.74, 6) is -0.139. The normalized spacial score (nSPS) is 15.7. The zero-order chi connectivity index (χ0) is 20.9. The molecule has 0 bridgehead atoms. The Bertz CT molecular complexity index is 987. The summed E-state index contributed by atoms with van der Waals surface area (Å²) in [5.41, 5.74) is 0.939. The van der Waals surface area contributed by atoms with E-state index in [1.165, 1.54) is 6.92 Å². The summed E-state index contributed by atoms with van der Waals surface area (Å²) in [6.07, 6.45) is 1.27. The molecular weight excluding hydrogens is 394 g/mol. The van der Waals surface area contributed by atoms with Gasteiger partial charge in [0, 0.05) is 6.92 Å². The van der Waals surface area contributed by atoms with E-state index in [1.54, 1.807) is 48.5 Å². The number of esters is 1. The lowest BCUT2D eigenvalue weighted by molar-refractivity contribution is -0.141. The van der Waals surface area contributed by atoms with Crippen LogP contribution in [0.5, 0.6) is 5.75 Å². The van der Waals surface area contributed by atoms with Gasteiger partial charge in [0.05, 0.1) is 22.8 Å². The number of rotatable bonds is 7. The molecule has 1 heterocycles. The topological polar surface area (TPSA) is 98.8 Å². The second kappa shape index (κ2) is 9.09. The number of hydrogen-bond acceptors (Lipinski definition) is 6. The fourth-order valence-corrected chi connectivity index (χ4v) is 4.35. The van der Waals surface area contributed by atoms with Crippen molar-refractivity contribution in [2.45, 2.75) is 42.1 Å². The lowest BCUT2D eigenvalue weighted by Crippen LogP contribution is -2.37. The minimum atomic E-state index is -3.62. The Morgan fingerprint density at radius 3 is 2.62 bits per heavy atom. The molecule has 0 unspecified atom stereocenters. The fraction of sp³-hybridized carbons (Fsp3) is 0.333. The minimum Gasteiger partial charge on any atom is -0.488 e. The van der Waals surface area contributed by atoms with Crippen molar-refractivity contribution in [1.82, 2.24) is 5.32 Å². The van der Waals surface area contributed by atoms with Crippen LogP contribution in [-0.2, 0) is 30.6 Å². The summed E-state index contributed by atoms with van der Waals surface area (Å²) < 4.78 is 36.3. The van der Waals surface area contributed by atoms with Crippen LogP contribution in [0.4, 0.5) is 0 Å². The van der Waals surface area contributed by atoms with Gasteiger partial charge in [-0.05, 0) is 42.7 Å². The molecule has 3 rings (SSSR count). The van der Waals surface area contributed by atoms with Crippen LogP contribution >= 0.6 is 0 Å². The van der Waals surface area contributed by atoms with Crippen molar-refractivity contribution in [3.63, 3.8) is 0 Å². The fourth-order valence-electron chi connectivity index (χ4n) is 3.06. The van der Waals surface area contributed by atoms with Gasteiger partial charge in [-0.15, -0.1) is 0 Å². The first-order valence-corrected chi connectivity index (χ1v) is 10.8. The average molecular weight is 417 g/mol. The second-order valence-electron chi connectivity index (χ2n) is 6.76. The maximum atomic E-state index is 12.8. The summed E-state index contributed by atoms with van der Waals surface area (Å²) in [5, 5.41) is 2.75. The number of fused-ring (bicyclic) bond motifs is 1. The van der Waals surface area contributed by atoms with Crippen molar-refractivity contribution < 1.29 is 27.5 Å². The molecule has 29 heavy (non-hydrogen) atoms. The quantitative estimate of drug-likeness (QED) is 0.694. The van der Waals surface area contributed by atoms with Crippen molar-refractivity contribution in [3.8, 4) is 5.75 Å². The predicted octanol–water partition coefficient (Wildman–Crippen LogP) is 2.28. The molecule has 0 spiro atoms. The summed E-state index contributed by atoms with van der Waals surface area (Å²) in [6.45, 7) is 1.63. The van der Waals surface area contributed by atoms with Gasteiger partial charge in [-0.3, -0.25) is 9.59 Å². The number of amides is 1. The maximum absolute atomic E-state index is 12.8. The van der Waals surface area contributed by atoms with E-state index in [9.17, 15) is 18.0 Å². The van der Waals surface area contributed by atoms with Crippen molar-refractivity contribution in [3.05, 3.63) is 54.1 Å². The molecule has 2 aromatic rings. The molecule has 1 amide bonds. The summed E-state index contributed by atoms with van der Waals surface area (Å²) in [7, 11) is -3.62. The summed E-state index contributed by atoms with van der Waals surface area (Å²) >= 11 is 0. The van der Waals surface area contributed by atoms with Crippen LogP contribution in [0.1, 0.15) is 25.3 Å². The lowest BCUT2D eigenvalue weighted by Gasteiger charge is -2.26. The smallest absolute Gasteiger partial charge is 0.302 e. The SMILES string of the molecule is CC(=O)OCCC(=O)NC[C@H]1CCc2ccc(S(=O)(=O)c3ccccc3)cc2O1. The predicted molar refractivity (Wildman–Crippen MR) is 105 cm³/mol. The van der Waals surface area contributed by atoms with E-state index < -0.39 is 15.8 Å². The largest absolute Gasteiger partial charge is 0.488 e. The lowest BCUT2D eigenvalue weighted by atomic mass is 10.0. The van der Waals surface area contributed by atoms with E-state index in [-0.39, 0.29) is 34.8 Å². The molecule has 0 fully saturated rings. The zero-order valence-corrected chi connectivity index (χ0v) is 16.9. The van der Waals surface area contributed by atoms with E-state index in [4.69, 9.17) is 9.47 Å². The Morgan fingerprint density at radius 1 is 1.14 bits per heavy atom. The Hall–Kier alpha value is -2.87. The maximum Gasteiger partial charge on any atom is 0.302 e. The molecule has 1 aliphatic heterocycles. The van der Waals surface area contributed by atoms with Crippen LogP contribution in [0.25, 0.3) is 0 Å². The van der Waals surface area contributed by atoms with Crippen LogP contribution in [0.3, 0.4) is 0 Å². The molecule has 2 aromatic carbocycles. The molecule has 154 valence electrons. The molecule has 1 aliphatic rings. The molecular formula is C21H23NO6S. The number of aryl methyl sites for hydroxylation is 1. The first kappa shape index (κ1) is 20.9. The highest BCUT2D eigenvalue weighted by Gasteiger charge is 2.24. The first-order chi connectivity index (χ1) is 13.9. The second-order valence-corrected chi connectivity index (χ2v) is 8.71. The van der Waals surface area contributed by atoms with Crippen molar-refractivity contribution in [1.29, 1.82) is 0 Å². The molecule has 0 radical (unpaired) electrons. The van der Waals surface area contributed by atoms with Gasteiger partial charge in [0.1, 0.15) is 18.5 Å². The van der Waals surface area contributed by atoms with Crippen molar-refractivity contribution >= 4 is 21.7 Å². The molecule has 1 N–H and O–H groups in total. The number of nitrogens with one attached hydrogen (secondary N) is 1. The Balaban J connectivity index is 1.63. The van der Waals surface area contributed by atoms with Crippen LogP contribution in [0.2, 0.25) is 0 Å². The van der Waals surface area contributed by atoms with Crippen molar-refractivity contribution in [2.75, 3.05) is 13.2 Å². The summed E-state index contributed by atoms with van der Waals surface area (Å²) in [4.78, 5) is 22.9. The zero-order valence-electron chi connectivity index (χ0n) is 16.1. The molecule has 7 nitrogen and oxygen atoms in total. The number of carbonyl (C=O) groups is 2. The minimum absolute atomic E-state index is 0.0379. The third-order valence-electron chi connectivity index (χ3n) is 4.59. The van der Waals surface area contributed by atoms with Gasteiger partial charge in [0.25, 0.3) is 0 Å². The van der Waals surface area contributed by atoms with Gasteiger partial charge in [-0.2, -0.15) is 0 Å². The number of carbonyl (C=O) groups excluding carboxylic acids is 2. The summed E-state index contributed by atoms with van der Waals surface area (Å²) in [6, 6.07) is 13.2. The third-order valence-corrected chi connectivity index (χ3v) is 6.36. The van der Waals surface area contributed by atoms with Gasteiger partial charge in [0.15, 0.2) is 0 Å². The van der Waals surface area contributed by atoms with Gasteiger partial charge in [-0.1, -0.05) is 24.3 Å². The van der Waals surface area contributed by atoms with E-state index in [2.05, 4.69) is 5.32 Å². The highest BCUT2D eigenvalue weighted by molar-refractivity contribution is 7.91. The Morgan fingerprint density at radius 2 is 1.90 bits per heavy atom. The average Bonchev–Trinajstić information content (AvgIpc) is 2.72. The van der Waals surface area contributed by atoms with Gasteiger partial charge >= 0.3 is 5.97 Å². The highest BCUT2D eigenvalue weighted by atomic mass is 32.2. The van der Waals surface area contributed by atoms with Gasteiger partial charge in [0.2, 0.25) is 15.7 Å². The van der Waals surface area contributed by atoms with Crippen LogP contribution in [-0.4, -0.2) is 39.5 Å². The number of sulfone groups is 1. The van der Waals surface area contributed by atoms with E-state index in [0.717, 1.165) is 12.0 Å². The third kappa shape index (κ3) is 5.35. The molecule has 8 heteroatoms. The number of benzene rings is 2. The van der Waals surface area contributed by atoms with Crippen LogP contribution < -0.4 is 10.1 Å². The molecule has 0 saturated heterocycles. The Labute approximate surface area is 169 Å². The Kier molecular flexibility index (Phi) is 6.53. The molecule has 0 aliphatic carbocycles. The van der Waals surface area contributed by atoms with Crippen LogP contribution in [0.15, 0.2) is 58.3 Å². The molecule has 0 aromatic heterocycles. The van der Waals surface area contributed by atoms with E-state index in [1.807, 2.05) is 0 Å². The van der Waals surface area contributed by atoms with Crippen molar-refractivity contribution in [2.24, 2.45) is 0 Å². The molecule has 1 atom stereocenters. The van der Waals surface area contributed by atoms with Crippen LogP contribution in [0, 0.1) is 0 Å². The van der Waals surface area contributed by atoms with E-state index >= 15 is 0 Å². The standard InChI is InChI=1S/C21H23NO6S/c1-15(23)27-12-11-21(24)22-14-17-9-7-16-8-10-19(13-20(16)28-17)29(25,26)18-5-3-2-4-6-18/h2-6,8,10,13,17H,7,9,11-12,14H2,1H3,(H,22,24)/t17-/m1/s1. The first-order valence-electron chi connectivity index (χ1n) is 9.36. The van der Waals surface area contributed by atoms with Gasteiger partial charge < -0.3 is 14.8 Å². The monoisotopic (exact) mass is 417 g/mol. The van der Waals surface area contributed by atoms with E-state index in [0.29, 0.717) is 18.7 Å². The number of hydrogen-bond donors (Lipinski definition) is 1. The molecule has 0 saturated carbocycles.